The quantitative estimate of drug-likeness (QED) is 0.839. The number of rotatable bonds is 3. The number of nitrogens with zero attached hydrogens (tertiary/aromatic N) is 2. The van der Waals surface area contributed by atoms with Gasteiger partial charge in [0.05, 0.1) is 5.71 Å². The van der Waals surface area contributed by atoms with Crippen LogP contribution in [-0.2, 0) is 9.59 Å². The molecule has 0 fully saturated rings. The van der Waals surface area contributed by atoms with Crippen LogP contribution in [0.4, 0.5) is 8.78 Å². The molecule has 5 nitrogen and oxygen atoms in total. The van der Waals surface area contributed by atoms with Gasteiger partial charge in [-0.1, -0.05) is 0 Å². The Morgan fingerprint density at radius 2 is 2.11 bits per heavy atom. The van der Waals surface area contributed by atoms with Gasteiger partial charge in [0.1, 0.15) is 17.8 Å². The van der Waals surface area contributed by atoms with E-state index in [1.165, 1.54) is 12.3 Å². The average molecular weight is 266 g/mol. The Hall–Kier alpha value is -2.44. The predicted octanol–water partition coefficient (Wildman–Crippen LogP) is 1.40. The minimum Gasteiger partial charge on any atom is -0.478 e. The zero-order valence-electron chi connectivity index (χ0n) is 9.51. The number of dihydropyridines is 1. The molecule has 1 N–H and O–H groups in total. The molecule has 1 aliphatic rings. The first kappa shape index (κ1) is 13.0. The highest BCUT2D eigenvalue weighted by atomic mass is 19.3. The fourth-order valence-electron chi connectivity index (χ4n) is 1.55. The summed E-state index contributed by atoms with van der Waals surface area (Å²) in [6.07, 6.45) is -0.381. The molecule has 2 heterocycles. The summed E-state index contributed by atoms with van der Waals surface area (Å²) in [5, 5.41) is 8.83. The lowest BCUT2D eigenvalue weighted by atomic mass is 10.0. The van der Waals surface area contributed by atoms with Crippen LogP contribution in [0.1, 0.15) is 17.7 Å². The van der Waals surface area contributed by atoms with Crippen molar-refractivity contribution in [2.75, 3.05) is 6.54 Å². The zero-order valence-corrected chi connectivity index (χ0v) is 9.51. The van der Waals surface area contributed by atoms with Crippen LogP contribution in [0.2, 0.25) is 0 Å². The highest BCUT2D eigenvalue weighted by molar-refractivity contribution is 6.26. The number of pyridine rings is 1. The number of hydrogen-bond donors (Lipinski definition) is 1. The molecule has 0 spiro atoms. The number of allylic oxidation sites excluding steroid dienone is 1. The molecule has 0 radical (unpaired) electrons. The standard InChI is InChI=1S/C12H8F2N2O3/c13-11(14)8-2-1-6(4-15-8)9-3-7(12(18)19)10(17)5-16-9/h1-4,11H,5H2,(H,18,19). The molecule has 0 atom stereocenters. The number of aliphatic imine (C=N–C) groups is 1. The van der Waals surface area contributed by atoms with Crippen molar-refractivity contribution in [3.63, 3.8) is 0 Å². The number of carbonyl (C=O) groups excluding carboxylic acids is 1. The van der Waals surface area contributed by atoms with E-state index in [1.54, 1.807) is 0 Å². The Bertz CT molecular complexity index is 591. The summed E-state index contributed by atoms with van der Waals surface area (Å²) in [5.74, 6) is -1.93. The molecule has 0 aliphatic carbocycles. The highest BCUT2D eigenvalue weighted by Crippen LogP contribution is 2.17. The van der Waals surface area contributed by atoms with Gasteiger partial charge < -0.3 is 5.11 Å². The molecule has 0 amide bonds. The van der Waals surface area contributed by atoms with Crippen LogP contribution >= 0.6 is 0 Å². The Morgan fingerprint density at radius 1 is 1.37 bits per heavy atom. The van der Waals surface area contributed by atoms with Crippen molar-refractivity contribution < 1.29 is 23.5 Å². The van der Waals surface area contributed by atoms with Gasteiger partial charge in [0.25, 0.3) is 6.43 Å². The summed E-state index contributed by atoms with van der Waals surface area (Å²) in [4.78, 5) is 29.5. The topological polar surface area (TPSA) is 79.6 Å². The fourth-order valence-corrected chi connectivity index (χ4v) is 1.55. The van der Waals surface area contributed by atoms with Crippen molar-refractivity contribution >= 4 is 17.5 Å². The van der Waals surface area contributed by atoms with Crippen molar-refractivity contribution in [2.24, 2.45) is 4.99 Å². The fraction of sp³-hybridized carbons (Fsp3) is 0.167. The lowest BCUT2D eigenvalue weighted by molar-refractivity contribution is -0.134. The summed E-state index contributed by atoms with van der Waals surface area (Å²) in [6.45, 7) is -0.274. The Balaban J connectivity index is 2.32. The lowest BCUT2D eigenvalue weighted by Crippen LogP contribution is -2.21. The van der Waals surface area contributed by atoms with Crippen molar-refractivity contribution in [1.29, 1.82) is 0 Å². The molecule has 0 unspecified atom stereocenters. The van der Waals surface area contributed by atoms with Crippen LogP contribution in [0.15, 0.2) is 35.0 Å². The van der Waals surface area contributed by atoms with Crippen molar-refractivity contribution in [2.45, 2.75) is 6.43 Å². The van der Waals surface area contributed by atoms with Crippen LogP contribution in [0.25, 0.3) is 0 Å². The van der Waals surface area contributed by atoms with E-state index in [4.69, 9.17) is 5.11 Å². The van der Waals surface area contributed by atoms with Gasteiger partial charge in [-0.15, -0.1) is 0 Å². The second kappa shape index (κ2) is 5.05. The molecule has 0 saturated heterocycles. The minimum absolute atomic E-state index is 0.241. The van der Waals surface area contributed by atoms with E-state index in [0.717, 1.165) is 12.1 Å². The van der Waals surface area contributed by atoms with Crippen molar-refractivity contribution in [3.05, 3.63) is 41.2 Å². The van der Waals surface area contributed by atoms with Crippen LogP contribution in [0.5, 0.6) is 0 Å². The van der Waals surface area contributed by atoms with Gasteiger partial charge in [0.2, 0.25) is 0 Å². The molecular formula is C12H8F2N2O3. The number of alkyl halides is 2. The number of aliphatic carboxylic acids is 1. The smallest absolute Gasteiger partial charge is 0.339 e. The summed E-state index contributed by atoms with van der Waals surface area (Å²) in [5.41, 5.74) is -0.123. The molecule has 2 rings (SSSR count). The summed E-state index contributed by atoms with van der Waals surface area (Å²) in [6, 6.07) is 2.49. The minimum atomic E-state index is -2.67. The third-order valence-electron chi connectivity index (χ3n) is 2.51. The number of halogens is 2. The Kier molecular flexibility index (Phi) is 3.46. The largest absolute Gasteiger partial charge is 0.478 e. The number of carboxylic acid groups (broad SMARTS) is 1. The Labute approximate surface area is 106 Å². The highest BCUT2D eigenvalue weighted by Gasteiger charge is 2.22. The van der Waals surface area contributed by atoms with E-state index < -0.39 is 18.2 Å². The first-order valence-corrected chi connectivity index (χ1v) is 5.26. The number of hydrogen-bond acceptors (Lipinski definition) is 4. The van der Waals surface area contributed by atoms with E-state index in [9.17, 15) is 18.4 Å². The molecule has 98 valence electrons. The first-order chi connectivity index (χ1) is 8.99. The van der Waals surface area contributed by atoms with Gasteiger partial charge in [0, 0.05) is 11.8 Å². The van der Waals surface area contributed by atoms with Crippen molar-refractivity contribution in [3.8, 4) is 0 Å². The molecule has 0 aromatic carbocycles. The second-order valence-electron chi connectivity index (χ2n) is 3.76. The van der Waals surface area contributed by atoms with E-state index in [2.05, 4.69) is 9.98 Å². The summed E-state index contributed by atoms with van der Waals surface area (Å²) < 4.78 is 24.7. The molecule has 7 heteroatoms. The third kappa shape index (κ3) is 2.70. The van der Waals surface area contributed by atoms with E-state index >= 15 is 0 Å². The molecule has 1 aromatic rings. The predicted molar refractivity (Wildman–Crippen MR) is 61.3 cm³/mol. The lowest BCUT2D eigenvalue weighted by Gasteiger charge is -2.09. The molecule has 1 aliphatic heterocycles. The maximum atomic E-state index is 12.3. The molecule has 0 bridgehead atoms. The number of carboxylic acids is 1. The number of ketones is 1. The molecular weight excluding hydrogens is 258 g/mol. The Morgan fingerprint density at radius 3 is 2.63 bits per heavy atom. The van der Waals surface area contributed by atoms with E-state index in [-0.39, 0.29) is 23.5 Å². The first-order valence-electron chi connectivity index (χ1n) is 5.26. The molecule has 0 saturated carbocycles. The number of aromatic nitrogens is 1. The van der Waals surface area contributed by atoms with Crippen LogP contribution in [0.3, 0.4) is 0 Å². The van der Waals surface area contributed by atoms with Gasteiger partial charge >= 0.3 is 5.97 Å². The second-order valence-corrected chi connectivity index (χ2v) is 3.76. The van der Waals surface area contributed by atoms with E-state index in [1.807, 2.05) is 0 Å². The van der Waals surface area contributed by atoms with E-state index in [0.29, 0.717) is 5.56 Å². The van der Waals surface area contributed by atoms with Crippen molar-refractivity contribution in [1.82, 2.24) is 4.98 Å². The normalized spacial score (nSPS) is 15.2. The number of Topliss-reactive ketones (excluding diaryl/α,β-unsaturated/α-hetero) is 1. The average Bonchev–Trinajstić information content (AvgIpc) is 2.39. The molecule has 19 heavy (non-hydrogen) atoms. The van der Waals surface area contributed by atoms with Gasteiger partial charge in [-0.05, 0) is 18.2 Å². The van der Waals surface area contributed by atoms with Gasteiger partial charge in [-0.2, -0.15) is 0 Å². The maximum Gasteiger partial charge on any atom is 0.339 e. The van der Waals surface area contributed by atoms with Crippen LogP contribution in [0, 0.1) is 0 Å². The van der Waals surface area contributed by atoms with Gasteiger partial charge in [0.15, 0.2) is 5.78 Å². The van der Waals surface area contributed by atoms with Gasteiger partial charge in [-0.3, -0.25) is 14.8 Å². The van der Waals surface area contributed by atoms with Crippen LogP contribution in [-0.4, -0.2) is 34.1 Å². The van der Waals surface area contributed by atoms with Crippen LogP contribution < -0.4 is 0 Å². The monoisotopic (exact) mass is 266 g/mol. The molecule has 1 aromatic heterocycles. The SMILES string of the molecule is O=C(O)C1=CC(c2ccc(C(F)F)nc2)=NCC1=O. The van der Waals surface area contributed by atoms with Gasteiger partial charge in [-0.25, -0.2) is 13.6 Å². The zero-order chi connectivity index (χ0) is 14.0. The maximum absolute atomic E-state index is 12.3. The third-order valence-corrected chi connectivity index (χ3v) is 2.51. The summed E-state index contributed by atoms with van der Waals surface area (Å²) in [7, 11) is 0. The number of carbonyl (C=O) groups is 2. The summed E-state index contributed by atoms with van der Waals surface area (Å²) >= 11 is 0.